The van der Waals surface area contributed by atoms with E-state index in [-0.39, 0.29) is 0 Å². The number of unbranched alkanes of at least 4 members (excludes halogenated alkanes) is 14. The first-order valence-corrected chi connectivity index (χ1v) is 14.4. The van der Waals surface area contributed by atoms with Crippen LogP contribution in [0.2, 0.25) is 0 Å². The summed E-state index contributed by atoms with van der Waals surface area (Å²) >= 11 is 0. The monoisotopic (exact) mass is 472 g/mol. The Morgan fingerprint density at radius 3 is 1.24 bits per heavy atom. The molecule has 0 spiro atoms. The molecule has 2 rings (SSSR count). The standard InChI is InChI=1S/C29H45O3P/c1-2-3-4-5-6-7-8-9-10-11-12-13-14-15-22-27-30-33(31-28-23-18-16-19-24-28)32-29-25-20-17-21-26-29/h16-21,23-26H,2-15,22,27H2,1H3. The summed E-state index contributed by atoms with van der Waals surface area (Å²) in [7, 11) is -1.46. The van der Waals surface area contributed by atoms with Crippen molar-refractivity contribution >= 4 is 8.60 Å². The second-order valence-electron chi connectivity index (χ2n) is 8.82. The Balaban J connectivity index is 1.47. The SMILES string of the molecule is CCCCCCCCCCCCCCCCCOP(Oc1ccccc1)Oc1ccccc1. The predicted molar refractivity (Wildman–Crippen MR) is 142 cm³/mol. The van der Waals surface area contributed by atoms with Crippen LogP contribution in [0.15, 0.2) is 60.7 Å². The molecule has 0 fully saturated rings. The second kappa shape index (κ2) is 19.9. The van der Waals surface area contributed by atoms with E-state index in [1.807, 2.05) is 60.7 Å². The van der Waals surface area contributed by atoms with Crippen molar-refractivity contribution in [2.45, 2.75) is 103 Å². The number of para-hydroxylation sites is 2. The molecule has 0 amide bonds. The van der Waals surface area contributed by atoms with Gasteiger partial charge in [0.05, 0.1) is 6.61 Å². The van der Waals surface area contributed by atoms with E-state index >= 15 is 0 Å². The van der Waals surface area contributed by atoms with Crippen LogP contribution in [0.4, 0.5) is 0 Å². The van der Waals surface area contributed by atoms with Crippen molar-refractivity contribution in [3.63, 3.8) is 0 Å². The first kappa shape index (κ1) is 27.7. The lowest BCUT2D eigenvalue weighted by Gasteiger charge is -2.17. The third-order valence-electron chi connectivity index (χ3n) is 5.79. The van der Waals surface area contributed by atoms with Crippen molar-refractivity contribution in [3.8, 4) is 11.5 Å². The van der Waals surface area contributed by atoms with Gasteiger partial charge in [0.1, 0.15) is 11.5 Å². The molecule has 0 aromatic heterocycles. The average Bonchev–Trinajstić information content (AvgIpc) is 2.85. The summed E-state index contributed by atoms with van der Waals surface area (Å²) in [6, 6.07) is 19.5. The summed E-state index contributed by atoms with van der Waals surface area (Å²) in [6.07, 6.45) is 20.4. The quantitative estimate of drug-likeness (QED) is 0.134. The molecule has 0 radical (unpaired) electrons. The Labute approximate surface area is 204 Å². The largest absolute Gasteiger partial charge is 0.463 e. The number of hydrogen-bond donors (Lipinski definition) is 0. The van der Waals surface area contributed by atoms with Crippen molar-refractivity contribution in [1.29, 1.82) is 0 Å². The fourth-order valence-corrected chi connectivity index (χ4v) is 4.83. The molecule has 0 unspecified atom stereocenters. The topological polar surface area (TPSA) is 27.7 Å². The van der Waals surface area contributed by atoms with Crippen LogP contribution in [0.3, 0.4) is 0 Å². The molecule has 0 saturated carbocycles. The van der Waals surface area contributed by atoms with Crippen LogP contribution in [0.1, 0.15) is 103 Å². The van der Waals surface area contributed by atoms with Crippen LogP contribution in [-0.4, -0.2) is 6.61 Å². The first-order chi connectivity index (χ1) is 16.4. The maximum atomic E-state index is 5.98. The summed E-state index contributed by atoms with van der Waals surface area (Å²) in [5.74, 6) is 1.55. The molecule has 2 aromatic carbocycles. The van der Waals surface area contributed by atoms with Gasteiger partial charge in [0.15, 0.2) is 0 Å². The molecule has 0 atom stereocenters. The van der Waals surface area contributed by atoms with Crippen LogP contribution in [0, 0.1) is 0 Å². The van der Waals surface area contributed by atoms with Crippen molar-refractivity contribution in [2.24, 2.45) is 0 Å². The van der Waals surface area contributed by atoms with Gasteiger partial charge < -0.3 is 9.05 Å². The van der Waals surface area contributed by atoms with Gasteiger partial charge in [-0.1, -0.05) is 133 Å². The zero-order valence-corrected chi connectivity index (χ0v) is 21.7. The van der Waals surface area contributed by atoms with Gasteiger partial charge in [-0.3, -0.25) is 4.52 Å². The fraction of sp³-hybridized carbons (Fsp3) is 0.586. The summed E-state index contributed by atoms with van der Waals surface area (Å²) in [4.78, 5) is 0. The van der Waals surface area contributed by atoms with Crippen LogP contribution < -0.4 is 9.05 Å². The van der Waals surface area contributed by atoms with E-state index in [0.29, 0.717) is 6.61 Å². The molecule has 0 aliphatic rings. The summed E-state index contributed by atoms with van der Waals surface area (Å²) in [5.41, 5.74) is 0. The maximum absolute atomic E-state index is 5.98. The molecular weight excluding hydrogens is 427 g/mol. The van der Waals surface area contributed by atoms with Gasteiger partial charge >= 0.3 is 8.60 Å². The number of benzene rings is 2. The highest BCUT2D eigenvalue weighted by molar-refractivity contribution is 7.42. The van der Waals surface area contributed by atoms with E-state index in [4.69, 9.17) is 13.6 Å². The molecule has 33 heavy (non-hydrogen) atoms. The zero-order valence-electron chi connectivity index (χ0n) is 20.8. The molecule has 0 heterocycles. The molecule has 2 aromatic rings. The normalized spacial score (nSPS) is 11.1. The van der Waals surface area contributed by atoms with E-state index < -0.39 is 8.60 Å². The summed E-state index contributed by atoms with van der Waals surface area (Å²) < 4.78 is 17.9. The van der Waals surface area contributed by atoms with Gasteiger partial charge in [-0.2, -0.15) is 0 Å². The van der Waals surface area contributed by atoms with E-state index in [0.717, 1.165) is 17.9 Å². The minimum Gasteiger partial charge on any atom is -0.418 e. The minimum atomic E-state index is -1.46. The smallest absolute Gasteiger partial charge is 0.418 e. The van der Waals surface area contributed by atoms with Crippen molar-refractivity contribution in [2.75, 3.05) is 6.61 Å². The Morgan fingerprint density at radius 2 is 0.848 bits per heavy atom. The highest BCUT2D eigenvalue weighted by atomic mass is 31.2. The van der Waals surface area contributed by atoms with Gasteiger partial charge in [0, 0.05) is 0 Å². The lowest BCUT2D eigenvalue weighted by atomic mass is 10.0. The number of hydrogen-bond acceptors (Lipinski definition) is 3. The maximum Gasteiger partial charge on any atom is 0.463 e. The highest BCUT2D eigenvalue weighted by Crippen LogP contribution is 2.41. The van der Waals surface area contributed by atoms with Crippen molar-refractivity contribution in [3.05, 3.63) is 60.7 Å². The van der Waals surface area contributed by atoms with Crippen molar-refractivity contribution in [1.82, 2.24) is 0 Å². The lowest BCUT2D eigenvalue weighted by Crippen LogP contribution is -2.01. The van der Waals surface area contributed by atoms with Crippen LogP contribution in [-0.2, 0) is 4.52 Å². The van der Waals surface area contributed by atoms with Gasteiger partial charge in [0.2, 0.25) is 0 Å². The van der Waals surface area contributed by atoms with Gasteiger partial charge in [-0.15, -0.1) is 0 Å². The third kappa shape index (κ3) is 15.0. The van der Waals surface area contributed by atoms with Crippen LogP contribution >= 0.6 is 8.60 Å². The summed E-state index contributed by atoms with van der Waals surface area (Å²) in [5, 5.41) is 0. The molecule has 0 bridgehead atoms. The number of rotatable bonds is 21. The van der Waals surface area contributed by atoms with Gasteiger partial charge in [-0.05, 0) is 30.7 Å². The molecule has 184 valence electrons. The van der Waals surface area contributed by atoms with E-state index in [1.54, 1.807) is 0 Å². The van der Waals surface area contributed by atoms with Crippen LogP contribution in [0.5, 0.6) is 11.5 Å². The summed E-state index contributed by atoms with van der Waals surface area (Å²) in [6.45, 7) is 2.96. The fourth-order valence-electron chi connectivity index (χ4n) is 3.82. The molecule has 3 nitrogen and oxygen atoms in total. The molecular formula is C29H45O3P. The minimum absolute atomic E-state index is 0.670. The second-order valence-corrected chi connectivity index (χ2v) is 9.89. The highest BCUT2D eigenvalue weighted by Gasteiger charge is 2.16. The molecule has 0 aliphatic carbocycles. The third-order valence-corrected chi connectivity index (χ3v) is 6.90. The van der Waals surface area contributed by atoms with Gasteiger partial charge in [0.25, 0.3) is 0 Å². The zero-order chi connectivity index (χ0) is 23.2. The Morgan fingerprint density at radius 1 is 0.485 bits per heavy atom. The van der Waals surface area contributed by atoms with E-state index in [1.165, 1.54) is 89.9 Å². The molecule has 0 aliphatic heterocycles. The predicted octanol–water partition coefficient (Wildman–Crippen LogP) is 10.3. The lowest BCUT2D eigenvalue weighted by molar-refractivity contribution is 0.258. The van der Waals surface area contributed by atoms with Crippen LogP contribution in [0.25, 0.3) is 0 Å². The first-order valence-electron chi connectivity index (χ1n) is 13.3. The molecule has 4 heteroatoms. The Bertz CT molecular complexity index is 624. The Hall–Kier alpha value is -1.57. The molecule has 0 N–H and O–H groups in total. The van der Waals surface area contributed by atoms with E-state index in [2.05, 4.69) is 6.92 Å². The Kier molecular flexibility index (Phi) is 16.7. The molecule has 0 saturated heterocycles. The van der Waals surface area contributed by atoms with E-state index in [9.17, 15) is 0 Å². The van der Waals surface area contributed by atoms with Crippen molar-refractivity contribution < 1.29 is 13.6 Å². The average molecular weight is 473 g/mol. The van der Waals surface area contributed by atoms with Gasteiger partial charge in [-0.25, -0.2) is 0 Å².